The largest absolute Gasteiger partial charge is 0.379 e. The number of hydrogen-bond donors (Lipinski definition) is 3. The topological polar surface area (TPSA) is 78.0 Å². The van der Waals surface area contributed by atoms with Crippen LogP contribution in [0.1, 0.15) is 30.6 Å². The van der Waals surface area contributed by atoms with Crippen molar-refractivity contribution in [2.45, 2.75) is 26.3 Å². The first-order valence-corrected chi connectivity index (χ1v) is 10.2. The molecule has 0 spiro atoms. The molecule has 0 aromatic heterocycles. The van der Waals surface area contributed by atoms with Gasteiger partial charge in [0.15, 0.2) is 5.96 Å². The van der Waals surface area contributed by atoms with Gasteiger partial charge in [0.2, 0.25) is 0 Å². The monoisotopic (exact) mass is 517 g/mol. The van der Waals surface area contributed by atoms with Crippen LogP contribution in [0.5, 0.6) is 0 Å². The van der Waals surface area contributed by atoms with Gasteiger partial charge in [0.1, 0.15) is 0 Å². The fourth-order valence-corrected chi connectivity index (χ4v) is 3.31. The maximum absolute atomic E-state index is 12.0. The highest BCUT2D eigenvalue weighted by atomic mass is 127. The van der Waals surface area contributed by atoms with E-state index in [9.17, 15) is 4.79 Å². The van der Waals surface area contributed by atoms with Gasteiger partial charge in [-0.1, -0.05) is 32.0 Å². The number of rotatable bonds is 9. The Hall–Kier alpha value is -1.39. The number of nitrogens with one attached hydrogen (secondary N) is 3. The van der Waals surface area contributed by atoms with E-state index in [0.29, 0.717) is 24.1 Å². The fourth-order valence-electron chi connectivity index (χ4n) is 3.31. The van der Waals surface area contributed by atoms with Crippen molar-refractivity contribution in [2.75, 3.05) is 53.0 Å². The van der Waals surface area contributed by atoms with Gasteiger partial charge in [-0.3, -0.25) is 14.7 Å². The van der Waals surface area contributed by atoms with Gasteiger partial charge < -0.3 is 20.7 Å². The van der Waals surface area contributed by atoms with Crippen molar-refractivity contribution < 1.29 is 9.53 Å². The summed E-state index contributed by atoms with van der Waals surface area (Å²) in [4.78, 5) is 18.8. The Bertz CT molecular complexity index is 606. The molecule has 2 rings (SSSR count). The zero-order valence-electron chi connectivity index (χ0n) is 17.8. The van der Waals surface area contributed by atoms with Crippen molar-refractivity contribution in [2.24, 2.45) is 10.9 Å². The van der Waals surface area contributed by atoms with Gasteiger partial charge in [-0.2, -0.15) is 0 Å². The average molecular weight is 517 g/mol. The summed E-state index contributed by atoms with van der Waals surface area (Å²) in [5.41, 5.74) is 0.691. The molecule has 1 atom stereocenters. The molecule has 0 bridgehead atoms. The molecule has 1 unspecified atom stereocenters. The average Bonchev–Trinajstić information content (AvgIpc) is 2.73. The SMILES string of the molecule is CN=C(NCCCNC(=O)c1ccccc1)NCC(C(C)C)N1CCOCC1.I. The standard InChI is InChI=1S/C21H35N5O2.HI/c1-17(2)19(26-12-14-28-15-13-26)16-25-21(22-3)24-11-7-10-23-20(27)18-8-5-4-6-9-18;/h4-6,8-9,17,19H,7,10-16H2,1-3H3,(H,23,27)(H2,22,24,25);1H. The number of amides is 1. The third-order valence-corrected chi connectivity index (χ3v) is 4.95. The number of carbonyl (C=O) groups excluding carboxylic acids is 1. The molecular formula is C21H36IN5O2. The highest BCUT2D eigenvalue weighted by Crippen LogP contribution is 2.12. The summed E-state index contributed by atoms with van der Waals surface area (Å²) in [6, 6.07) is 9.73. The molecule has 0 saturated carbocycles. The number of hydrogen-bond acceptors (Lipinski definition) is 4. The number of nitrogens with zero attached hydrogens (tertiary/aromatic N) is 2. The summed E-state index contributed by atoms with van der Waals surface area (Å²) in [6.07, 6.45) is 0.830. The Morgan fingerprint density at radius 1 is 1.10 bits per heavy atom. The second-order valence-electron chi connectivity index (χ2n) is 7.32. The van der Waals surface area contributed by atoms with E-state index in [1.54, 1.807) is 7.05 Å². The first-order valence-electron chi connectivity index (χ1n) is 10.2. The summed E-state index contributed by atoms with van der Waals surface area (Å²) in [7, 11) is 1.78. The molecular weight excluding hydrogens is 481 g/mol. The van der Waals surface area contributed by atoms with Gasteiger partial charge in [0.05, 0.1) is 13.2 Å². The van der Waals surface area contributed by atoms with Gasteiger partial charge in [0.25, 0.3) is 5.91 Å². The van der Waals surface area contributed by atoms with E-state index in [1.807, 2.05) is 30.3 Å². The lowest BCUT2D eigenvalue weighted by atomic mass is 10.0. The zero-order chi connectivity index (χ0) is 20.2. The minimum absolute atomic E-state index is 0. The van der Waals surface area contributed by atoms with Gasteiger partial charge in [0, 0.05) is 51.4 Å². The van der Waals surface area contributed by atoms with Crippen molar-refractivity contribution >= 4 is 35.8 Å². The summed E-state index contributed by atoms with van der Waals surface area (Å²) in [6.45, 7) is 10.3. The van der Waals surface area contributed by atoms with Crippen LogP contribution >= 0.6 is 24.0 Å². The van der Waals surface area contributed by atoms with Crippen LogP contribution in [0.25, 0.3) is 0 Å². The second kappa shape index (κ2) is 14.6. The molecule has 0 radical (unpaired) electrons. The molecule has 29 heavy (non-hydrogen) atoms. The number of ether oxygens (including phenoxy) is 1. The Morgan fingerprint density at radius 3 is 2.38 bits per heavy atom. The molecule has 1 aromatic rings. The minimum atomic E-state index is -0.0339. The summed E-state index contributed by atoms with van der Waals surface area (Å²) in [5.74, 6) is 1.32. The van der Waals surface area contributed by atoms with E-state index in [0.717, 1.165) is 51.8 Å². The van der Waals surface area contributed by atoms with Crippen molar-refractivity contribution in [3.05, 3.63) is 35.9 Å². The molecule has 1 saturated heterocycles. The highest BCUT2D eigenvalue weighted by molar-refractivity contribution is 14.0. The van der Waals surface area contributed by atoms with Gasteiger partial charge >= 0.3 is 0 Å². The van der Waals surface area contributed by atoms with Crippen LogP contribution in [-0.2, 0) is 4.74 Å². The predicted molar refractivity (Wildman–Crippen MR) is 129 cm³/mol. The maximum atomic E-state index is 12.0. The summed E-state index contributed by atoms with van der Waals surface area (Å²) >= 11 is 0. The molecule has 3 N–H and O–H groups in total. The Balaban J connectivity index is 0.00000420. The van der Waals surface area contributed by atoms with Gasteiger partial charge in [-0.25, -0.2) is 0 Å². The first kappa shape index (κ1) is 25.6. The molecule has 1 aliphatic rings. The number of morpholine rings is 1. The normalized spacial score (nSPS) is 16.1. The molecule has 8 heteroatoms. The third kappa shape index (κ3) is 9.31. The van der Waals surface area contributed by atoms with E-state index in [2.05, 4.69) is 39.7 Å². The lowest BCUT2D eigenvalue weighted by Gasteiger charge is -2.37. The van der Waals surface area contributed by atoms with Crippen molar-refractivity contribution in [1.29, 1.82) is 0 Å². The maximum Gasteiger partial charge on any atom is 0.251 e. The van der Waals surface area contributed by atoms with Crippen LogP contribution in [0.15, 0.2) is 35.3 Å². The number of benzene rings is 1. The lowest BCUT2D eigenvalue weighted by molar-refractivity contribution is 0.00752. The van der Waals surface area contributed by atoms with Crippen LogP contribution in [0.3, 0.4) is 0 Å². The predicted octanol–water partition coefficient (Wildman–Crippen LogP) is 1.95. The smallest absolute Gasteiger partial charge is 0.251 e. The first-order chi connectivity index (χ1) is 13.6. The molecule has 164 valence electrons. The molecule has 1 aromatic carbocycles. The van der Waals surface area contributed by atoms with E-state index in [-0.39, 0.29) is 29.9 Å². The van der Waals surface area contributed by atoms with Crippen LogP contribution in [-0.4, -0.2) is 75.8 Å². The van der Waals surface area contributed by atoms with Crippen molar-refractivity contribution in [1.82, 2.24) is 20.9 Å². The van der Waals surface area contributed by atoms with E-state index in [4.69, 9.17) is 4.74 Å². The van der Waals surface area contributed by atoms with Crippen LogP contribution < -0.4 is 16.0 Å². The molecule has 1 amide bonds. The Labute approximate surface area is 192 Å². The lowest BCUT2D eigenvalue weighted by Crippen LogP contribution is -2.52. The quantitative estimate of drug-likeness (QED) is 0.202. The van der Waals surface area contributed by atoms with E-state index < -0.39 is 0 Å². The Kier molecular flexibility index (Phi) is 12.9. The van der Waals surface area contributed by atoms with E-state index >= 15 is 0 Å². The molecule has 1 aliphatic heterocycles. The number of halogens is 1. The van der Waals surface area contributed by atoms with E-state index in [1.165, 1.54) is 0 Å². The minimum Gasteiger partial charge on any atom is -0.379 e. The number of aliphatic imine (C=N–C) groups is 1. The number of guanidine groups is 1. The third-order valence-electron chi connectivity index (χ3n) is 4.95. The summed E-state index contributed by atoms with van der Waals surface area (Å²) in [5, 5.41) is 9.71. The van der Waals surface area contributed by atoms with Crippen molar-refractivity contribution in [3.8, 4) is 0 Å². The Morgan fingerprint density at radius 2 is 1.76 bits per heavy atom. The van der Waals surface area contributed by atoms with Crippen LogP contribution in [0, 0.1) is 5.92 Å². The van der Waals surface area contributed by atoms with Gasteiger partial charge in [-0.05, 0) is 24.5 Å². The van der Waals surface area contributed by atoms with Crippen LogP contribution in [0.2, 0.25) is 0 Å². The highest BCUT2D eigenvalue weighted by Gasteiger charge is 2.23. The molecule has 7 nitrogen and oxygen atoms in total. The fraction of sp³-hybridized carbons (Fsp3) is 0.619. The zero-order valence-corrected chi connectivity index (χ0v) is 20.1. The molecule has 1 fully saturated rings. The summed E-state index contributed by atoms with van der Waals surface area (Å²) < 4.78 is 5.47. The van der Waals surface area contributed by atoms with Crippen molar-refractivity contribution in [3.63, 3.8) is 0 Å². The van der Waals surface area contributed by atoms with Gasteiger partial charge in [-0.15, -0.1) is 24.0 Å². The van der Waals surface area contributed by atoms with Crippen LogP contribution in [0.4, 0.5) is 0 Å². The molecule has 1 heterocycles. The number of carbonyl (C=O) groups is 1. The second-order valence-corrected chi connectivity index (χ2v) is 7.32. The molecule has 0 aliphatic carbocycles.